The van der Waals surface area contributed by atoms with E-state index in [1.807, 2.05) is 6.92 Å². The largest absolute Gasteiger partial charge is 0.383 e. The van der Waals surface area contributed by atoms with Gasteiger partial charge in [0.05, 0.1) is 13.2 Å². The maximum absolute atomic E-state index is 12.6. The third kappa shape index (κ3) is 5.87. The second-order valence-electron chi connectivity index (χ2n) is 4.37. The van der Waals surface area contributed by atoms with E-state index in [0.717, 1.165) is 0 Å². The highest BCUT2D eigenvalue weighted by atomic mass is 35.5. The zero-order valence-corrected chi connectivity index (χ0v) is 13.4. The van der Waals surface area contributed by atoms with E-state index in [2.05, 4.69) is 10.3 Å². The molecule has 7 heteroatoms. The van der Waals surface area contributed by atoms with Crippen molar-refractivity contribution >= 4 is 23.3 Å². The monoisotopic (exact) mass is 315 g/mol. The number of pyridine rings is 1. The van der Waals surface area contributed by atoms with Gasteiger partial charge in [-0.1, -0.05) is 11.6 Å². The SMILES string of the molecule is CCNc1cc(C(=O)N(CCOC)CCOC)cc(Cl)n1. The van der Waals surface area contributed by atoms with Gasteiger partial charge in [0.25, 0.3) is 5.91 Å². The Bertz CT molecular complexity index is 449. The van der Waals surface area contributed by atoms with Gasteiger partial charge in [-0.2, -0.15) is 0 Å². The summed E-state index contributed by atoms with van der Waals surface area (Å²) in [5.74, 6) is 0.472. The maximum Gasteiger partial charge on any atom is 0.254 e. The number of rotatable bonds is 9. The fourth-order valence-corrected chi connectivity index (χ4v) is 2.00. The van der Waals surface area contributed by atoms with Crippen LogP contribution in [0.3, 0.4) is 0 Å². The molecule has 21 heavy (non-hydrogen) atoms. The first-order valence-electron chi connectivity index (χ1n) is 6.81. The van der Waals surface area contributed by atoms with Crippen molar-refractivity contribution in [2.75, 3.05) is 52.4 Å². The van der Waals surface area contributed by atoms with E-state index in [4.69, 9.17) is 21.1 Å². The summed E-state index contributed by atoms with van der Waals surface area (Å²) in [6, 6.07) is 3.27. The Kier molecular flexibility index (Phi) is 8.04. The molecular weight excluding hydrogens is 294 g/mol. The van der Waals surface area contributed by atoms with Crippen LogP contribution < -0.4 is 5.32 Å². The Morgan fingerprint density at radius 1 is 1.29 bits per heavy atom. The van der Waals surface area contributed by atoms with Crippen molar-refractivity contribution in [1.82, 2.24) is 9.88 Å². The van der Waals surface area contributed by atoms with Gasteiger partial charge in [-0.3, -0.25) is 4.79 Å². The van der Waals surface area contributed by atoms with E-state index in [-0.39, 0.29) is 11.1 Å². The number of hydrogen-bond donors (Lipinski definition) is 1. The van der Waals surface area contributed by atoms with E-state index in [9.17, 15) is 4.79 Å². The van der Waals surface area contributed by atoms with E-state index < -0.39 is 0 Å². The summed E-state index contributed by atoms with van der Waals surface area (Å²) in [7, 11) is 3.21. The molecule has 0 radical (unpaired) electrons. The van der Waals surface area contributed by atoms with Gasteiger partial charge in [0.1, 0.15) is 11.0 Å². The van der Waals surface area contributed by atoms with Crippen molar-refractivity contribution in [3.8, 4) is 0 Å². The number of methoxy groups -OCH3 is 2. The summed E-state index contributed by atoms with van der Waals surface area (Å²) in [6.07, 6.45) is 0. The van der Waals surface area contributed by atoms with Gasteiger partial charge < -0.3 is 19.7 Å². The fraction of sp³-hybridized carbons (Fsp3) is 0.571. The summed E-state index contributed by atoms with van der Waals surface area (Å²) in [5, 5.41) is 3.34. The number of nitrogens with zero attached hydrogens (tertiary/aromatic N) is 2. The zero-order chi connectivity index (χ0) is 15.7. The highest BCUT2D eigenvalue weighted by molar-refractivity contribution is 6.29. The number of amides is 1. The molecule has 0 bridgehead atoms. The minimum atomic E-state index is -0.118. The molecule has 118 valence electrons. The molecule has 0 aliphatic heterocycles. The zero-order valence-electron chi connectivity index (χ0n) is 12.7. The van der Waals surface area contributed by atoms with Crippen molar-refractivity contribution in [3.05, 3.63) is 22.8 Å². The average molecular weight is 316 g/mol. The predicted octanol–water partition coefficient (Wildman–Crippen LogP) is 1.90. The number of nitrogens with one attached hydrogen (secondary N) is 1. The van der Waals surface area contributed by atoms with Crippen molar-refractivity contribution in [2.24, 2.45) is 0 Å². The molecule has 1 amide bonds. The molecule has 1 N–H and O–H groups in total. The van der Waals surface area contributed by atoms with Gasteiger partial charge in [-0.05, 0) is 19.1 Å². The Balaban J connectivity index is 2.90. The number of carbonyl (C=O) groups excluding carboxylic acids is 1. The van der Waals surface area contributed by atoms with Gasteiger partial charge in [0.15, 0.2) is 0 Å². The molecule has 1 aromatic heterocycles. The maximum atomic E-state index is 12.6. The van der Waals surface area contributed by atoms with Crippen molar-refractivity contribution in [2.45, 2.75) is 6.92 Å². The number of anilines is 1. The minimum Gasteiger partial charge on any atom is -0.383 e. The Labute approximate surface area is 130 Å². The van der Waals surface area contributed by atoms with Crippen LogP contribution in [0.15, 0.2) is 12.1 Å². The molecule has 1 rings (SSSR count). The van der Waals surface area contributed by atoms with Crippen LogP contribution in [0.1, 0.15) is 17.3 Å². The number of carbonyl (C=O) groups is 1. The number of halogens is 1. The summed E-state index contributed by atoms with van der Waals surface area (Å²) in [4.78, 5) is 18.4. The first-order valence-corrected chi connectivity index (χ1v) is 7.18. The second-order valence-corrected chi connectivity index (χ2v) is 4.76. The van der Waals surface area contributed by atoms with E-state index in [1.54, 1.807) is 31.3 Å². The molecule has 0 saturated carbocycles. The molecule has 0 fully saturated rings. The normalized spacial score (nSPS) is 10.5. The van der Waals surface area contributed by atoms with E-state index in [1.165, 1.54) is 0 Å². The van der Waals surface area contributed by atoms with Crippen LogP contribution in [0.5, 0.6) is 0 Å². The van der Waals surface area contributed by atoms with Crippen molar-refractivity contribution in [1.29, 1.82) is 0 Å². The second kappa shape index (κ2) is 9.55. The summed E-state index contributed by atoms with van der Waals surface area (Å²) >= 11 is 5.97. The van der Waals surface area contributed by atoms with Crippen LogP contribution in [-0.4, -0.2) is 62.9 Å². The summed E-state index contributed by atoms with van der Waals surface area (Å²) in [5.41, 5.74) is 0.498. The summed E-state index contributed by atoms with van der Waals surface area (Å²) < 4.78 is 10.1. The van der Waals surface area contributed by atoms with Gasteiger partial charge in [0.2, 0.25) is 0 Å². The third-order valence-electron chi connectivity index (χ3n) is 2.82. The lowest BCUT2D eigenvalue weighted by atomic mass is 10.2. The highest BCUT2D eigenvalue weighted by Gasteiger charge is 2.17. The third-order valence-corrected chi connectivity index (χ3v) is 3.01. The van der Waals surface area contributed by atoms with Crippen LogP contribution in [0, 0.1) is 0 Å². The molecule has 0 aliphatic carbocycles. The lowest BCUT2D eigenvalue weighted by Crippen LogP contribution is -2.36. The van der Waals surface area contributed by atoms with Crippen LogP contribution in [0.4, 0.5) is 5.82 Å². The Hall–Kier alpha value is -1.37. The van der Waals surface area contributed by atoms with Crippen molar-refractivity contribution in [3.63, 3.8) is 0 Å². The highest BCUT2D eigenvalue weighted by Crippen LogP contribution is 2.16. The van der Waals surface area contributed by atoms with Gasteiger partial charge >= 0.3 is 0 Å². The quantitative estimate of drug-likeness (QED) is 0.705. The average Bonchev–Trinajstić information content (AvgIpc) is 2.46. The molecule has 0 aliphatic rings. The molecule has 1 heterocycles. The molecule has 6 nitrogen and oxygen atoms in total. The first-order chi connectivity index (χ1) is 10.1. The molecule has 0 unspecified atom stereocenters. The molecule has 0 saturated heterocycles. The van der Waals surface area contributed by atoms with E-state index in [0.29, 0.717) is 44.2 Å². The van der Waals surface area contributed by atoms with Gasteiger partial charge in [-0.15, -0.1) is 0 Å². The summed E-state index contributed by atoms with van der Waals surface area (Å²) in [6.45, 7) is 4.58. The minimum absolute atomic E-state index is 0.118. The molecular formula is C14H22ClN3O3. The number of hydrogen-bond acceptors (Lipinski definition) is 5. The smallest absolute Gasteiger partial charge is 0.254 e. The van der Waals surface area contributed by atoms with Crippen LogP contribution in [-0.2, 0) is 9.47 Å². The first kappa shape index (κ1) is 17.7. The standard InChI is InChI=1S/C14H22ClN3O3/c1-4-16-13-10-11(9-12(15)17-13)14(19)18(5-7-20-2)6-8-21-3/h9-10H,4-8H2,1-3H3,(H,16,17). The number of aromatic nitrogens is 1. The van der Waals surface area contributed by atoms with Crippen LogP contribution >= 0.6 is 11.6 Å². The molecule has 0 aromatic carbocycles. The molecule has 1 aromatic rings. The fourth-order valence-electron chi connectivity index (χ4n) is 1.79. The van der Waals surface area contributed by atoms with Gasteiger partial charge in [-0.25, -0.2) is 4.98 Å². The van der Waals surface area contributed by atoms with Crippen LogP contribution in [0.2, 0.25) is 5.15 Å². The number of ether oxygens (including phenoxy) is 2. The van der Waals surface area contributed by atoms with Gasteiger partial charge in [0, 0.05) is 39.4 Å². The van der Waals surface area contributed by atoms with Crippen LogP contribution in [0.25, 0.3) is 0 Å². The Morgan fingerprint density at radius 3 is 2.43 bits per heavy atom. The lowest BCUT2D eigenvalue weighted by Gasteiger charge is -2.22. The van der Waals surface area contributed by atoms with E-state index >= 15 is 0 Å². The predicted molar refractivity (Wildman–Crippen MR) is 83.1 cm³/mol. The van der Waals surface area contributed by atoms with Crippen molar-refractivity contribution < 1.29 is 14.3 Å². The Morgan fingerprint density at radius 2 is 1.90 bits per heavy atom. The lowest BCUT2D eigenvalue weighted by molar-refractivity contribution is 0.0627. The topological polar surface area (TPSA) is 63.7 Å². The molecule has 0 atom stereocenters. The molecule has 0 spiro atoms.